The molecule has 0 heterocycles. The molecule has 27 heavy (non-hydrogen) atoms. The average Bonchev–Trinajstić information content (AvgIpc) is 2.66. The molecule has 0 bridgehead atoms. The first-order valence-corrected chi connectivity index (χ1v) is 10.7. The largest absolute Gasteiger partial charge is 0.357 e. The number of likely N-dealkylation sites (N-methyl/N-ethyl adjacent to an activating group) is 1. The second kappa shape index (κ2) is 10.5. The summed E-state index contributed by atoms with van der Waals surface area (Å²) in [6.45, 7) is 4.24. The molecule has 6 heteroatoms. The SMILES string of the molecule is CNC(=O)[C@H](C)N(Cc1cccc(Br)c1)C(=O)CSCc1ccccc1C. The Hall–Kier alpha value is -1.79. The number of aryl methyl sites for hydroxylation is 1. The number of carbonyl (C=O) groups is 2. The van der Waals surface area contributed by atoms with Crippen LogP contribution in [0, 0.1) is 6.92 Å². The smallest absolute Gasteiger partial charge is 0.242 e. The van der Waals surface area contributed by atoms with Crippen LogP contribution in [0.3, 0.4) is 0 Å². The molecule has 1 N–H and O–H groups in total. The van der Waals surface area contributed by atoms with Gasteiger partial charge in [0.25, 0.3) is 0 Å². The van der Waals surface area contributed by atoms with E-state index < -0.39 is 6.04 Å². The van der Waals surface area contributed by atoms with Gasteiger partial charge in [-0.1, -0.05) is 52.3 Å². The summed E-state index contributed by atoms with van der Waals surface area (Å²) in [6, 6.07) is 15.5. The second-order valence-electron chi connectivity index (χ2n) is 6.36. The number of nitrogens with zero attached hydrogens (tertiary/aromatic N) is 1. The Morgan fingerprint density at radius 2 is 1.93 bits per heavy atom. The minimum atomic E-state index is -0.527. The molecular formula is C21H25BrN2O2S. The van der Waals surface area contributed by atoms with Crippen LogP contribution in [0.2, 0.25) is 0 Å². The number of amides is 2. The Bertz CT molecular complexity index is 797. The van der Waals surface area contributed by atoms with E-state index in [0.717, 1.165) is 15.8 Å². The lowest BCUT2D eigenvalue weighted by atomic mass is 10.1. The Balaban J connectivity index is 2.06. The molecule has 0 spiro atoms. The highest BCUT2D eigenvalue weighted by molar-refractivity contribution is 9.10. The number of hydrogen-bond acceptors (Lipinski definition) is 3. The van der Waals surface area contributed by atoms with Gasteiger partial charge in [0.15, 0.2) is 0 Å². The summed E-state index contributed by atoms with van der Waals surface area (Å²) in [4.78, 5) is 26.7. The van der Waals surface area contributed by atoms with Gasteiger partial charge in [-0.05, 0) is 42.7 Å². The van der Waals surface area contributed by atoms with E-state index in [1.807, 2.05) is 36.4 Å². The van der Waals surface area contributed by atoms with Crippen LogP contribution in [0.15, 0.2) is 53.0 Å². The van der Waals surface area contributed by atoms with E-state index >= 15 is 0 Å². The number of halogens is 1. The molecule has 144 valence electrons. The van der Waals surface area contributed by atoms with E-state index in [9.17, 15) is 9.59 Å². The van der Waals surface area contributed by atoms with E-state index in [1.165, 1.54) is 11.1 Å². The number of benzene rings is 2. The van der Waals surface area contributed by atoms with Crippen LogP contribution in [-0.2, 0) is 21.9 Å². The number of hydrogen-bond donors (Lipinski definition) is 1. The molecule has 0 saturated carbocycles. The van der Waals surface area contributed by atoms with Gasteiger partial charge in [0, 0.05) is 23.8 Å². The first-order valence-electron chi connectivity index (χ1n) is 8.80. The van der Waals surface area contributed by atoms with E-state index in [0.29, 0.717) is 12.3 Å². The standard InChI is InChI=1S/C21H25BrN2O2S/c1-15-7-4-5-9-18(15)13-27-14-20(25)24(16(2)21(26)23-3)12-17-8-6-10-19(22)11-17/h4-11,16H,12-14H2,1-3H3,(H,23,26)/t16-/m0/s1. The molecule has 0 radical (unpaired) electrons. The predicted molar refractivity (Wildman–Crippen MR) is 116 cm³/mol. The molecule has 0 unspecified atom stereocenters. The number of rotatable bonds is 8. The van der Waals surface area contributed by atoms with E-state index in [2.05, 4.69) is 40.3 Å². The summed E-state index contributed by atoms with van der Waals surface area (Å²) < 4.78 is 0.953. The summed E-state index contributed by atoms with van der Waals surface area (Å²) in [7, 11) is 1.59. The maximum atomic E-state index is 12.9. The quantitative estimate of drug-likeness (QED) is 0.659. The van der Waals surface area contributed by atoms with Crippen LogP contribution < -0.4 is 5.32 Å². The Morgan fingerprint density at radius 3 is 2.59 bits per heavy atom. The van der Waals surface area contributed by atoms with Gasteiger partial charge in [0.2, 0.25) is 11.8 Å². The zero-order chi connectivity index (χ0) is 19.8. The first kappa shape index (κ1) is 21.5. The zero-order valence-electron chi connectivity index (χ0n) is 15.9. The van der Waals surface area contributed by atoms with Crippen LogP contribution in [0.4, 0.5) is 0 Å². The molecule has 2 aromatic rings. The summed E-state index contributed by atoms with van der Waals surface area (Å²) in [5.41, 5.74) is 3.44. The molecule has 0 saturated heterocycles. The van der Waals surface area contributed by atoms with E-state index in [1.54, 1.807) is 30.6 Å². The fraction of sp³-hybridized carbons (Fsp3) is 0.333. The van der Waals surface area contributed by atoms with Gasteiger partial charge in [-0.15, -0.1) is 11.8 Å². The fourth-order valence-electron chi connectivity index (χ4n) is 2.73. The number of nitrogens with one attached hydrogen (secondary N) is 1. The van der Waals surface area contributed by atoms with Gasteiger partial charge in [-0.3, -0.25) is 9.59 Å². The molecule has 2 amide bonds. The highest BCUT2D eigenvalue weighted by Gasteiger charge is 2.25. The maximum Gasteiger partial charge on any atom is 0.242 e. The summed E-state index contributed by atoms with van der Waals surface area (Å²) in [5, 5.41) is 2.64. The van der Waals surface area contributed by atoms with Gasteiger partial charge in [0.05, 0.1) is 5.75 Å². The first-order chi connectivity index (χ1) is 12.9. The molecule has 4 nitrogen and oxygen atoms in total. The molecule has 0 aliphatic rings. The van der Waals surface area contributed by atoms with Gasteiger partial charge in [0.1, 0.15) is 6.04 Å². The lowest BCUT2D eigenvalue weighted by Gasteiger charge is -2.28. The fourth-order valence-corrected chi connectivity index (χ4v) is 4.16. The van der Waals surface area contributed by atoms with Crippen LogP contribution in [0.25, 0.3) is 0 Å². The van der Waals surface area contributed by atoms with Gasteiger partial charge >= 0.3 is 0 Å². The van der Waals surface area contributed by atoms with Gasteiger partial charge in [-0.2, -0.15) is 0 Å². The highest BCUT2D eigenvalue weighted by Crippen LogP contribution is 2.19. The average molecular weight is 449 g/mol. The minimum absolute atomic E-state index is 0.0374. The maximum absolute atomic E-state index is 12.9. The van der Waals surface area contributed by atoms with Gasteiger partial charge in [-0.25, -0.2) is 0 Å². The third-order valence-corrected chi connectivity index (χ3v) is 5.86. The molecule has 0 aliphatic carbocycles. The Labute approximate surface area is 173 Å². The molecule has 0 aromatic heterocycles. The van der Waals surface area contributed by atoms with Crippen molar-refractivity contribution >= 4 is 39.5 Å². The van der Waals surface area contributed by atoms with Crippen LogP contribution in [0.5, 0.6) is 0 Å². The zero-order valence-corrected chi connectivity index (χ0v) is 18.3. The lowest BCUT2D eigenvalue weighted by molar-refractivity contribution is -0.138. The van der Waals surface area contributed by atoms with Crippen molar-refractivity contribution in [3.63, 3.8) is 0 Å². The Kier molecular flexibility index (Phi) is 8.38. The highest BCUT2D eigenvalue weighted by atomic mass is 79.9. The van der Waals surface area contributed by atoms with Crippen molar-refractivity contribution in [1.29, 1.82) is 0 Å². The summed E-state index contributed by atoms with van der Waals surface area (Å²) in [6.07, 6.45) is 0. The minimum Gasteiger partial charge on any atom is -0.357 e. The Morgan fingerprint density at radius 1 is 1.19 bits per heavy atom. The monoisotopic (exact) mass is 448 g/mol. The molecule has 1 atom stereocenters. The summed E-state index contributed by atoms with van der Waals surface area (Å²) in [5.74, 6) is 0.910. The number of carbonyl (C=O) groups excluding carboxylic acids is 2. The molecule has 2 aromatic carbocycles. The predicted octanol–water partition coefficient (Wildman–Crippen LogP) is 4.15. The van der Waals surface area contributed by atoms with Crippen molar-refractivity contribution in [3.8, 4) is 0 Å². The molecule has 2 rings (SSSR count). The molecule has 0 fully saturated rings. The van der Waals surface area contributed by atoms with E-state index in [-0.39, 0.29) is 11.8 Å². The van der Waals surface area contributed by atoms with Gasteiger partial charge < -0.3 is 10.2 Å². The van der Waals surface area contributed by atoms with Crippen molar-refractivity contribution < 1.29 is 9.59 Å². The van der Waals surface area contributed by atoms with Crippen LogP contribution >= 0.6 is 27.7 Å². The lowest BCUT2D eigenvalue weighted by Crippen LogP contribution is -2.47. The second-order valence-corrected chi connectivity index (χ2v) is 8.26. The van der Waals surface area contributed by atoms with Crippen molar-refractivity contribution in [1.82, 2.24) is 10.2 Å². The normalized spacial score (nSPS) is 11.7. The third-order valence-electron chi connectivity index (χ3n) is 4.40. The molecule has 0 aliphatic heterocycles. The summed E-state index contributed by atoms with van der Waals surface area (Å²) >= 11 is 5.03. The number of thioether (sulfide) groups is 1. The molecular weight excluding hydrogens is 424 g/mol. The van der Waals surface area contributed by atoms with Crippen molar-refractivity contribution in [2.45, 2.75) is 32.2 Å². The van der Waals surface area contributed by atoms with Crippen molar-refractivity contribution in [3.05, 3.63) is 69.7 Å². The van der Waals surface area contributed by atoms with Crippen molar-refractivity contribution in [2.24, 2.45) is 0 Å². The van der Waals surface area contributed by atoms with Crippen LogP contribution in [-0.4, -0.2) is 35.6 Å². The topological polar surface area (TPSA) is 49.4 Å². The van der Waals surface area contributed by atoms with Crippen LogP contribution in [0.1, 0.15) is 23.6 Å². The third kappa shape index (κ3) is 6.40. The van der Waals surface area contributed by atoms with E-state index in [4.69, 9.17) is 0 Å². The van der Waals surface area contributed by atoms with Crippen molar-refractivity contribution in [2.75, 3.05) is 12.8 Å².